The Labute approximate surface area is 85.2 Å². The van der Waals surface area contributed by atoms with Crippen LogP contribution in [-0.2, 0) is 0 Å². The minimum atomic E-state index is 0.239. The molecule has 0 saturated carbocycles. The maximum absolute atomic E-state index is 9.45. The fraction of sp³-hybridized carbons (Fsp3) is 0.111. The molecule has 1 aromatic heterocycles. The van der Waals surface area contributed by atoms with Crippen molar-refractivity contribution in [2.75, 3.05) is 7.11 Å². The van der Waals surface area contributed by atoms with Gasteiger partial charge in [-0.3, -0.25) is 0 Å². The molecule has 0 aliphatic carbocycles. The summed E-state index contributed by atoms with van der Waals surface area (Å²) in [6, 6.07) is 5.66. The van der Waals surface area contributed by atoms with Crippen LogP contribution in [0.25, 0.3) is 10.1 Å². The Morgan fingerprint density at radius 3 is 2.92 bits per heavy atom. The molecule has 1 heterocycles. The first-order valence-electron chi connectivity index (χ1n) is 3.71. The number of aromatic hydroxyl groups is 1. The van der Waals surface area contributed by atoms with E-state index in [-0.39, 0.29) is 5.06 Å². The molecule has 13 heavy (non-hydrogen) atoms. The molecule has 0 unspecified atom stereocenters. The average molecular weight is 212 g/mol. The SMILES string of the molecule is COc1cccc2c(S)c(O)sc12. The van der Waals surface area contributed by atoms with E-state index in [1.165, 1.54) is 11.3 Å². The molecule has 4 heteroatoms. The number of thiol groups is 1. The Morgan fingerprint density at radius 1 is 1.46 bits per heavy atom. The topological polar surface area (TPSA) is 29.5 Å². The van der Waals surface area contributed by atoms with Gasteiger partial charge in [0.25, 0.3) is 0 Å². The van der Waals surface area contributed by atoms with E-state index in [9.17, 15) is 5.11 Å². The van der Waals surface area contributed by atoms with Gasteiger partial charge in [-0.2, -0.15) is 0 Å². The third-order valence-electron chi connectivity index (χ3n) is 1.86. The van der Waals surface area contributed by atoms with Gasteiger partial charge in [0.15, 0.2) is 5.06 Å². The van der Waals surface area contributed by atoms with E-state index in [0.717, 1.165) is 15.8 Å². The highest BCUT2D eigenvalue weighted by molar-refractivity contribution is 7.81. The molecule has 0 bridgehead atoms. The maximum atomic E-state index is 9.45. The van der Waals surface area contributed by atoms with Crippen LogP contribution in [0.3, 0.4) is 0 Å². The minimum absolute atomic E-state index is 0.239. The van der Waals surface area contributed by atoms with E-state index >= 15 is 0 Å². The lowest BCUT2D eigenvalue weighted by Crippen LogP contribution is -1.80. The molecule has 1 N–H and O–H groups in total. The van der Waals surface area contributed by atoms with Gasteiger partial charge >= 0.3 is 0 Å². The van der Waals surface area contributed by atoms with Crippen molar-refractivity contribution in [2.45, 2.75) is 4.90 Å². The second kappa shape index (κ2) is 3.12. The zero-order valence-electron chi connectivity index (χ0n) is 6.94. The summed E-state index contributed by atoms with van der Waals surface area (Å²) in [6.07, 6.45) is 0. The number of fused-ring (bicyclic) bond motifs is 1. The standard InChI is InChI=1S/C9H8O2S2/c1-11-6-4-2-3-5-7(12)9(10)13-8(5)6/h2-4,10,12H,1H3. The first-order valence-corrected chi connectivity index (χ1v) is 4.98. The molecule has 68 valence electrons. The number of rotatable bonds is 1. The number of ether oxygens (including phenoxy) is 1. The Balaban J connectivity index is 2.84. The number of hydrogen-bond donors (Lipinski definition) is 2. The summed E-state index contributed by atoms with van der Waals surface area (Å²) in [7, 11) is 1.61. The molecular formula is C9H8O2S2. The van der Waals surface area contributed by atoms with E-state index in [4.69, 9.17) is 4.74 Å². The first kappa shape index (κ1) is 8.72. The van der Waals surface area contributed by atoms with Gasteiger partial charge in [-0.25, -0.2) is 0 Å². The lowest BCUT2D eigenvalue weighted by Gasteiger charge is -1.99. The summed E-state index contributed by atoms with van der Waals surface area (Å²) in [5, 5.41) is 10.6. The lowest BCUT2D eigenvalue weighted by molar-refractivity contribution is 0.420. The summed E-state index contributed by atoms with van der Waals surface area (Å²) in [6.45, 7) is 0. The van der Waals surface area contributed by atoms with Crippen LogP contribution in [0.15, 0.2) is 23.1 Å². The summed E-state index contributed by atoms with van der Waals surface area (Å²) >= 11 is 5.49. The molecule has 2 nitrogen and oxygen atoms in total. The molecule has 1 aromatic carbocycles. The fourth-order valence-corrected chi connectivity index (χ4v) is 2.56. The fourth-order valence-electron chi connectivity index (χ4n) is 1.23. The predicted molar refractivity (Wildman–Crippen MR) is 57.3 cm³/mol. The molecule has 0 atom stereocenters. The van der Waals surface area contributed by atoms with Gasteiger partial charge in [0, 0.05) is 5.39 Å². The summed E-state index contributed by atoms with van der Waals surface area (Å²) in [5.41, 5.74) is 0. The van der Waals surface area contributed by atoms with Crippen LogP contribution >= 0.6 is 24.0 Å². The van der Waals surface area contributed by atoms with Gasteiger partial charge in [-0.15, -0.1) is 12.6 Å². The van der Waals surface area contributed by atoms with Crippen molar-refractivity contribution in [3.8, 4) is 10.8 Å². The number of methoxy groups -OCH3 is 1. The van der Waals surface area contributed by atoms with Gasteiger partial charge in [0.2, 0.25) is 0 Å². The Bertz CT molecular complexity index is 448. The smallest absolute Gasteiger partial charge is 0.186 e. The molecule has 0 amide bonds. The largest absolute Gasteiger partial charge is 0.499 e. The van der Waals surface area contributed by atoms with E-state index in [1.54, 1.807) is 7.11 Å². The van der Waals surface area contributed by atoms with Crippen LogP contribution in [0.2, 0.25) is 0 Å². The van der Waals surface area contributed by atoms with E-state index in [1.807, 2.05) is 18.2 Å². The molecule has 0 aliphatic rings. The van der Waals surface area contributed by atoms with Gasteiger partial charge in [0.05, 0.1) is 16.7 Å². The molecule has 0 fully saturated rings. The summed E-state index contributed by atoms with van der Waals surface area (Å²) in [5.74, 6) is 0.776. The zero-order chi connectivity index (χ0) is 9.42. The third kappa shape index (κ3) is 1.26. The van der Waals surface area contributed by atoms with Crippen molar-refractivity contribution in [1.29, 1.82) is 0 Å². The van der Waals surface area contributed by atoms with Gasteiger partial charge in [-0.05, 0) is 6.07 Å². The van der Waals surface area contributed by atoms with Gasteiger partial charge < -0.3 is 9.84 Å². The van der Waals surface area contributed by atoms with Gasteiger partial charge in [0.1, 0.15) is 5.75 Å². The van der Waals surface area contributed by atoms with Crippen molar-refractivity contribution >= 4 is 34.1 Å². The van der Waals surface area contributed by atoms with Crippen molar-refractivity contribution < 1.29 is 9.84 Å². The van der Waals surface area contributed by atoms with Crippen molar-refractivity contribution in [2.24, 2.45) is 0 Å². The lowest BCUT2D eigenvalue weighted by atomic mass is 10.2. The van der Waals surface area contributed by atoms with Crippen LogP contribution < -0.4 is 4.74 Å². The van der Waals surface area contributed by atoms with Crippen LogP contribution in [0.1, 0.15) is 0 Å². The second-order valence-corrected chi connectivity index (χ2v) is 4.04. The highest BCUT2D eigenvalue weighted by Gasteiger charge is 2.10. The summed E-state index contributed by atoms with van der Waals surface area (Å²) in [4.78, 5) is 0.624. The van der Waals surface area contributed by atoms with Crippen LogP contribution in [0, 0.1) is 0 Å². The zero-order valence-corrected chi connectivity index (χ0v) is 8.65. The molecule has 0 spiro atoms. The molecule has 0 saturated heterocycles. The van der Waals surface area contributed by atoms with Gasteiger partial charge in [-0.1, -0.05) is 23.5 Å². The highest BCUT2D eigenvalue weighted by atomic mass is 32.1. The van der Waals surface area contributed by atoms with E-state index in [2.05, 4.69) is 12.6 Å². The van der Waals surface area contributed by atoms with E-state index in [0.29, 0.717) is 4.90 Å². The van der Waals surface area contributed by atoms with E-state index < -0.39 is 0 Å². The number of hydrogen-bond acceptors (Lipinski definition) is 4. The monoisotopic (exact) mass is 212 g/mol. The predicted octanol–water partition coefficient (Wildman–Crippen LogP) is 2.90. The molecule has 2 aromatic rings. The van der Waals surface area contributed by atoms with Crippen molar-refractivity contribution in [1.82, 2.24) is 0 Å². The number of thiophene rings is 1. The quantitative estimate of drug-likeness (QED) is 0.712. The minimum Gasteiger partial charge on any atom is -0.499 e. The Kier molecular flexibility index (Phi) is 2.09. The maximum Gasteiger partial charge on any atom is 0.186 e. The normalized spacial score (nSPS) is 10.6. The molecular weight excluding hydrogens is 204 g/mol. The van der Waals surface area contributed by atoms with Crippen LogP contribution in [0.5, 0.6) is 10.8 Å². The Morgan fingerprint density at radius 2 is 2.23 bits per heavy atom. The van der Waals surface area contributed by atoms with Crippen LogP contribution in [-0.4, -0.2) is 12.2 Å². The third-order valence-corrected chi connectivity index (χ3v) is 3.48. The summed E-state index contributed by atoms with van der Waals surface area (Å²) < 4.78 is 6.10. The number of benzene rings is 1. The van der Waals surface area contributed by atoms with Crippen molar-refractivity contribution in [3.05, 3.63) is 18.2 Å². The average Bonchev–Trinajstić information content (AvgIpc) is 2.43. The molecule has 2 rings (SSSR count). The molecule has 0 aliphatic heterocycles. The van der Waals surface area contributed by atoms with Crippen LogP contribution in [0.4, 0.5) is 0 Å². The Hall–Kier alpha value is -0.870. The molecule has 0 radical (unpaired) electrons. The first-order chi connectivity index (χ1) is 6.24. The van der Waals surface area contributed by atoms with Crippen molar-refractivity contribution in [3.63, 3.8) is 0 Å². The highest BCUT2D eigenvalue weighted by Crippen LogP contribution is 2.43. The second-order valence-electron chi connectivity index (χ2n) is 2.59.